The number of hydrogen-bond donors (Lipinski definition) is 2. The number of rotatable bonds is 5. The number of amides is 2. The van der Waals surface area contributed by atoms with Gasteiger partial charge in [0.25, 0.3) is 0 Å². The van der Waals surface area contributed by atoms with Gasteiger partial charge in [-0.1, -0.05) is 13.8 Å². The third-order valence-electron chi connectivity index (χ3n) is 3.43. The molecule has 0 radical (unpaired) electrons. The van der Waals surface area contributed by atoms with E-state index in [1.807, 2.05) is 0 Å². The van der Waals surface area contributed by atoms with E-state index in [4.69, 9.17) is 5.11 Å². The number of hydrogen-bond acceptors (Lipinski definition) is 4. The molecule has 0 unspecified atom stereocenters. The summed E-state index contributed by atoms with van der Waals surface area (Å²) in [4.78, 5) is 35.7. The Labute approximate surface area is 118 Å². The van der Waals surface area contributed by atoms with Gasteiger partial charge in [-0.15, -0.1) is 0 Å². The van der Waals surface area contributed by atoms with Crippen LogP contribution in [0.5, 0.6) is 0 Å². The summed E-state index contributed by atoms with van der Waals surface area (Å²) in [6, 6.07) is -1.47. The first-order chi connectivity index (χ1) is 9.25. The second-order valence-electron chi connectivity index (χ2n) is 5.79. The number of nitrogens with one attached hydrogen (secondary N) is 1. The molecule has 0 aromatic rings. The van der Waals surface area contributed by atoms with Crippen molar-refractivity contribution >= 4 is 18.0 Å². The van der Waals surface area contributed by atoms with Gasteiger partial charge in [-0.2, -0.15) is 0 Å². The molecule has 1 heterocycles. The highest BCUT2D eigenvalue weighted by Gasteiger charge is 2.33. The molecule has 7 heteroatoms. The number of esters is 1. The van der Waals surface area contributed by atoms with E-state index in [0.29, 0.717) is 13.1 Å². The zero-order valence-corrected chi connectivity index (χ0v) is 12.1. The fourth-order valence-electron chi connectivity index (χ4n) is 2.15. The molecule has 0 saturated carbocycles. The maximum atomic E-state index is 12.0. The van der Waals surface area contributed by atoms with Gasteiger partial charge in [0.05, 0.1) is 7.11 Å². The van der Waals surface area contributed by atoms with Gasteiger partial charge < -0.3 is 20.1 Å². The predicted octanol–water partition coefficient (Wildman–Crippen LogP) is 0.834. The summed E-state index contributed by atoms with van der Waals surface area (Å²) >= 11 is 0. The minimum Gasteiger partial charge on any atom is -0.480 e. The van der Waals surface area contributed by atoms with Crippen molar-refractivity contribution in [2.75, 3.05) is 20.2 Å². The Hall–Kier alpha value is -1.79. The Morgan fingerprint density at radius 2 is 2.05 bits per heavy atom. The second kappa shape index (κ2) is 6.58. The molecule has 20 heavy (non-hydrogen) atoms. The van der Waals surface area contributed by atoms with Gasteiger partial charge in [0.1, 0.15) is 6.04 Å². The molecule has 2 N–H and O–H groups in total. The van der Waals surface area contributed by atoms with Crippen molar-refractivity contribution < 1.29 is 24.2 Å². The van der Waals surface area contributed by atoms with Crippen LogP contribution < -0.4 is 5.32 Å². The number of carbonyl (C=O) groups is 3. The largest absolute Gasteiger partial charge is 0.480 e. The predicted molar refractivity (Wildman–Crippen MR) is 71.2 cm³/mol. The van der Waals surface area contributed by atoms with Gasteiger partial charge >= 0.3 is 18.0 Å². The van der Waals surface area contributed by atoms with Crippen LogP contribution in [0.1, 0.15) is 33.1 Å². The minimum atomic E-state index is -1.15. The minimum absolute atomic E-state index is 0.0188. The maximum absolute atomic E-state index is 12.0. The van der Waals surface area contributed by atoms with E-state index in [1.54, 1.807) is 4.90 Å². The van der Waals surface area contributed by atoms with Crippen LogP contribution in [0.2, 0.25) is 0 Å². The number of aliphatic carboxylic acids is 1. The number of urea groups is 1. The fourth-order valence-corrected chi connectivity index (χ4v) is 2.15. The smallest absolute Gasteiger partial charge is 0.326 e. The first-order valence-electron chi connectivity index (χ1n) is 6.60. The first-order valence-corrected chi connectivity index (χ1v) is 6.60. The lowest BCUT2D eigenvalue weighted by Gasteiger charge is -2.22. The van der Waals surface area contributed by atoms with Crippen LogP contribution >= 0.6 is 0 Å². The number of carboxylic acid groups (broad SMARTS) is 1. The van der Waals surface area contributed by atoms with Crippen LogP contribution in [-0.2, 0) is 14.3 Å². The normalized spacial score (nSPS) is 18.4. The monoisotopic (exact) mass is 286 g/mol. The van der Waals surface area contributed by atoms with Crippen LogP contribution in [0.4, 0.5) is 4.79 Å². The lowest BCUT2D eigenvalue weighted by atomic mass is 9.93. The van der Waals surface area contributed by atoms with E-state index < -0.39 is 24.0 Å². The van der Waals surface area contributed by atoms with E-state index in [2.05, 4.69) is 23.9 Å². The number of methoxy groups -OCH3 is 1. The molecule has 1 aliphatic rings. The van der Waals surface area contributed by atoms with E-state index in [1.165, 1.54) is 7.11 Å². The van der Waals surface area contributed by atoms with Crippen molar-refractivity contribution in [2.24, 2.45) is 5.41 Å². The molecule has 0 aliphatic carbocycles. The Morgan fingerprint density at radius 1 is 1.40 bits per heavy atom. The molecule has 0 spiro atoms. The molecule has 0 bridgehead atoms. The van der Waals surface area contributed by atoms with Crippen molar-refractivity contribution in [1.82, 2.24) is 10.2 Å². The third-order valence-corrected chi connectivity index (χ3v) is 3.43. The number of nitrogens with zero attached hydrogens (tertiary/aromatic N) is 1. The van der Waals surface area contributed by atoms with Crippen LogP contribution in [0.3, 0.4) is 0 Å². The summed E-state index contributed by atoms with van der Waals surface area (Å²) in [5, 5.41) is 11.5. The van der Waals surface area contributed by atoms with E-state index in [9.17, 15) is 14.4 Å². The number of likely N-dealkylation sites (tertiary alicyclic amines) is 1. The maximum Gasteiger partial charge on any atom is 0.326 e. The average Bonchev–Trinajstić information content (AvgIpc) is 2.73. The van der Waals surface area contributed by atoms with Gasteiger partial charge in [0, 0.05) is 19.5 Å². The topological polar surface area (TPSA) is 95.9 Å². The lowest BCUT2D eigenvalue weighted by Crippen LogP contribution is -2.47. The zero-order chi connectivity index (χ0) is 15.3. The summed E-state index contributed by atoms with van der Waals surface area (Å²) < 4.78 is 4.46. The van der Waals surface area contributed by atoms with Crippen LogP contribution in [0.25, 0.3) is 0 Å². The highest BCUT2D eigenvalue weighted by atomic mass is 16.5. The standard InChI is InChI=1S/C13H22N2O5/c1-13(2)6-7-15(8-13)12(19)14-9(11(17)18)4-5-10(16)20-3/h9H,4-8H2,1-3H3,(H,14,19)(H,17,18)/t9-/m0/s1. The van der Waals surface area contributed by atoms with Crippen LogP contribution in [0, 0.1) is 5.41 Å². The Balaban J connectivity index is 2.51. The highest BCUT2D eigenvalue weighted by molar-refractivity contribution is 5.83. The molecule has 114 valence electrons. The second-order valence-corrected chi connectivity index (χ2v) is 5.79. The molecular formula is C13H22N2O5. The molecular weight excluding hydrogens is 264 g/mol. The molecule has 7 nitrogen and oxygen atoms in total. The van der Waals surface area contributed by atoms with Gasteiger partial charge in [-0.25, -0.2) is 9.59 Å². The van der Waals surface area contributed by atoms with Gasteiger partial charge in [-0.05, 0) is 18.3 Å². The highest BCUT2D eigenvalue weighted by Crippen LogP contribution is 2.28. The Kier molecular flexibility index (Phi) is 5.35. The van der Waals surface area contributed by atoms with E-state index in [-0.39, 0.29) is 18.3 Å². The summed E-state index contributed by atoms with van der Waals surface area (Å²) in [6.45, 7) is 5.34. The SMILES string of the molecule is COC(=O)CC[C@H](NC(=O)N1CCC(C)(C)C1)C(=O)O. The van der Waals surface area contributed by atoms with E-state index >= 15 is 0 Å². The van der Waals surface area contributed by atoms with Crippen molar-refractivity contribution in [1.29, 1.82) is 0 Å². The van der Waals surface area contributed by atoms with Crippen LogP contribution in [0.15, 0.2) is 0 Å². The van der Waals surface area contributed by atoms with Crippen molar-refractivity contribution in [3.8, 4) is 0 Å². The summed E-state index contributed by atoms with van der Waals surface area (Å²) in [7, 11) is 1.24. The van der Waals surface area contributed by atoms with Gasteiger partial charge in [0.2, 0.25) is 0 Å². The van der Waals surface area contributed by atoms with E-state index in [0.717, 1.165) is 6.42 Å². The summed E-state index contributed by atoms with van der Waals surface area (Å²) in [6.07, 6.45) is 0.866. The summed E-state index contributed by atoms with van der Waals surface area (Å²) in [5.41, 5.74) is 0.0576. The Morgan fingerprint density at radius 3 is 2.50 bits per heavy atom. The molecule has 1 fully saturated rings. The van der Waals surface area contributed by atoms with Crippen molar-refractivity contribution in [3.63, 3.8) is 0 Å². The molecule has 2 amide bonds. The van der Waals surface area contributed by atoms with Crippen LogP contribution in [-0.4, -0.2) is 54.2 Å². The summed E-state index contributed by atoms with van der Waals surface area (Å²) in [5.74, 6) is -1.64. The first kappa shape index (κ1) is 16.3. The van der Waals surface area contributed by atoms with Crippen molar-refractivity contribution in [3.05, 3.63) is 0 Å². The molecule has 0 aromatic carbocycles. The number of carboxylic acids is 1. The van der Waals surface area contributed by atoms with Gasteiger partial charge in [0.15, 0.2) is 0 Å². The molecule has 1 saturated heterocycles. The Bertz CT molecular complexity index is 394. The fraction of sp³-hybridized carbons (Fsp3) is 0.769. The zero-order valence-electron chi connectivity index (χ0n) is 12.1. The molecule has 0 aromatic heterocycles. The molecule has 1 aliphatic heterocycles. The van der Waals surface area contributed by atoms with Gasteiger partial charge in [-0.3, -0.25) is 4.79 Å². The third kappa shape index (κ3) is 4.71. The molecule has 1 atom stereocenters. The average molecular weight is 286 g/mol. The molecule has 1 rings (SSSR count). The quantitative estimate of drug-likeness (QED) is 0.730. The number of ether oxygens (including phenoxy) is 1. The lowest BCUT2D eigenvalue weighted by molar-refractivity contribution is -0.142. The number of carbonyl (C=O) groups excluding carboxylic acids is 2. The van der Waals surface area contributed by atoms with Crippen molar-refractivity contribution in [2.45, 2.75) is 39.2 Å².